The van der Waals surface area contributed by atoms with Crippen LogP contribution in [0.15, 0.2) is 64.2 Å². The van der Waals surface area contributed by atoms with E-state index in [0.717, 1.165) is 11.3 Å². The number of hydrogen-bond donors (Lipinski definition) is 2. The fourth-order valence-electron chi connectivity index (χ4n) is 3.00. The zero-order chi connectivity index (χ0) is 20.6. The van der Waals surface area contributed by atoms with Crippen LogP contribution in [0.5, 0.6) is 0 Å². The summed E-state index contributed by atoms with van der Waals surface area (Å²) in [5.41, 5.74) is 3.13. The summed E-state index contributed by atoms with van der Waals surface area (Å²) < 4.78 is 33.2. The number of aliphatic hydroxyl groups is 1. The zero-order valence-corrected chi connectivity index (χ0v) is 16.9. The Kier molecular flexibility index (Phi) is 5.01. The van der Waals surface area contributed by atoms with Gasteiger partial charge in [-0.25, -0.2) is 0 Å². The highest BCUT2D eigenvalue weighted by Gasteiger charge is 2.29. The van der Waals surface area contributed by atoms with Gasteiger partial charge in [0.25, 0.3) is 10.1 Å². The van der Waals surface area contributed by atoms with Crippen LogP contribution < -0.4 is 4.80 Å². The molecule has 2 aromatic carbocycles. The molecule has 8 nitrogen and oxygen atoms in total. The summed E-state index contributed by atoms with van der Waals surface area (Å²) in [4.78, 5) is 2.75. The topological polar surface area (TPSA) is 109 Å². The first-order chi connectivity index (χ1) is 13.9. The number of tetrazole rings is 1. The van der Waals surface area contributed by atoms with Gasteiger partial charge in [0.1, 0.15) is 10.6 Å². The average molecular weight is 430 g/mol. The van der Waals surface area contributed by atoms with Crippen LogP contribution in [-0.4, -0.2) is 33.1 Å². The summed E-state index contributed by atoms with van der Waals surface area (Å²) in [7, 11) is -4.46. The Morgan fingerprint density at radius 2 is 1.97 bits per heavy atom. The Morgan fingerprint density at radius 1 is 1.17 bits per heavy atom. The second-order valence-electron chi connectivity index (χ2n) is 6.35. The van der Waals surface area contributed by atoms with Gasteiger partial charge in [-0.3, -0.25) is 4.55 Å². The standard InChI is InChI=1S/C19H16N4O4S2/c1-13-6-7-17(14(10-13)11-24)23-21-19(20-22(23)15-8-9-28-12-15)16-4-2-3-5-18(16)29(25,26)27/h2-10,12,24H,11H2,1H3/p+1. The van der Waals surface area contributed by atoms with Gasteiger partial charge in [-0.2, -0.15) is 8.42 Å². The molecule has 2 N–H and O–H groups in total. The van der Waals surface area contributed by atoms with Gasteiger partial charge in [-0.1, -0.05) is 23.8 Å². The van der Waals surface area contributed by atoms with E-state index in [2.05, 4.69) is 10.2 Å². The van der Waals surface area contributed by atoms with Crippen LogP contribution in [0.4, 0.5) is 0 Å². The molecule has 0 spiro atoms. The molecule has 10 heteroatoms. The van der Waals surface area contributed by atoms with Crippen molar-refractivity contribution in [2.24, 2.45) is 0 Å². The number of hydrogen-bond acceptors (Lipinski definition) is 6. The Morgan fingerprint density at radius 3 is 2.66 bits per heavy atom. The van der Waals surface area contributed by atoms with Crippen LogP contribution in [0.2, 0.25) is 0 Å². The average Bonchev–Trinajstić information content (AvgIpc) is 3.37. The quantitative estimate of drug-likeness (QED) is 0.372. The molecule has 0 saturated heterocycles. The Bertz CT molecular complexity index is 1280. The van der Waals surface area contributed by atoms with Crippen LogP contribution in [0, 0.1) is 6.92 Å². The molecule has 148 valence electrons. The normalized spacial score (nSPS) is 11.7. The third-order valence-electron chi connectivity index (χ3n) is 4.32. The number of nitrogens with zero attached hydrogens (tertiary/aromatic N) is 4. The highest BCUT2D eigenvalue weighted by Crippen LogP contribution is 2.24. The third kappa shape index (κ3) is 3.70. The summed E-state index contributed by atoms with van der Waals surface area (Å²) in [5.74, 6) is 0.119. The van der Waals surface area contributed by atoms with E-state index in [0.29, 0.717) is 11.3 Å². The number of aromatic nitrogens is 4. The molecule has 0 amide bonds. The van der Waals surface area contributed by atoms with Crippen molar-refractivity contribution in [3.8, 4) is 22.8 Å². The minimum Gasteiger partial charge on any atom is -0.392 e. The van der Waals surface area contributed by atoms with E-state index in [1.165, 1.54) is 39.1 Å². The van der Waals surface area contributed by atoms with Gasteiger partial charge in [0, 0.05) is 15.7 Å². The molecular weight excluding hydrogens is 412 g/mol. The summed E-state index contributed by atoms with van der Waals surface area (Å²) in [5, 5.41) is 22.6. The van der Waals surface area contributed by atoms with E-state index in [9.17, 15) is 18.1 Å². The van der Waals surface area contributed by atoms with Crippen molar-refractivity contribution >= 4 is 21.5 Å². The molecule has 0 saturated carbocycles. The van der Waals surface area contributed by atoms with Crippen LogP contribution in [-0.2, 0) is 16.7 Å². The molecule has 0 fully saturated rings. The highest BCUT2D eigenvalue weighted by atomic mass is 32.2. The van der Waals surface area contributed by atoms with Crippen molar-refractivity contribution in [3.05, 3.63) is 70.4 Å². The second-order valence-corrected chi connectivity index (χ2v) is 8.52. The van der Waals surface area contributed by atoms with Crippen molar-refractivity contribution < 1.29 is 22.9 Å². The van der Waals surface area contributed by atoms with Crippen molar-refractivity contribution in [3.63, 3.8) is 0 Å². The van der Waals surface area contributed by atoms with Crippen LogP contribution in [0.1, 0.15) is 11.1 Å². The number of rotatable bonds is 5. The molecule has 2 heterocycles. The molecule has 0 atom stereocenters. The smallest absolute Gasteiger partial charge is 0.341 e. The van der Waals surface area contributed by atoms with Gasteiger partial charge >= 0.3 is 5.82 Å². The molecule has 0 unspecified atom stereocenters. The largest absolute Gasteiger partial charge is 0.392 e. The Balaban J connectivity index is 1.99. The molecule has 2 aromatic heterocycles. The van der Waals surface area contributed by atoms with Gasteiger partial charge in [0.05, 0.1) is 17.3 Å². The summed E-state index contributed by atoms with van der Waals surface area (Å²) in [6, 6.07) is 13.4. The van der Waals surface area contributed by atoms with Crippen molar-refractivity contribution in [2.45, 2.75) is 18.4 Å². The SMILES string of the molecule is Cc1ccc(-[n+]2nc(-c3ccccc3S(=O)(=O)O)nn2-c2ccsc2)c(CO)c1. The van der Waals surface area contributed by atoms with Gasteiger partial charge in [0.15, 0.2) is 5.69 Å². The fourth-order valence-corrected chi connectivity index (χ4v) is 4.29. The van der Waals surface area contributed by atoms with E-state index >= 15 is 0 Å². The summed E-state index contributed by atoms with van der Waals surface area (Å²) in [6.07, 6.45) is 0. The van der Waals surface area contributed by atoms with E-state index in [4.69, 9.17) is 0 Å². The monoisotopic (exact) mass is 429 g/mol. The lowest BCUT2D eigenvalue weighted by atomic mass is 10.1. The Labute approximate surface area is 171 Å². The molecular formula is C19H17N4O4S2+. The molecule has 4 aromatic rings. The van der Waals surface area contributed by atoms with Crippen molar-refractivity contribution in [2.75, 3.05) is 0 Å². The maximum Gasteiger partial charge on any atom is 0.341 e. The second kappa shape index (κ2) is 7.48. The molecule has 0 aliphatic carbocycles. The lowest BCUT2D eigenvalue weighted by Gasteiger charge is -2.04. The maximum absolute atomic E-state index is 11.8. The number of thiophene rings is 1. The van der Waals surface area contributed by atoms with Gasteiger partial charge in [-0.05, 0) is 52.5 Å². The van der Waals surface area contributed by atoms with E-state index in [1.54, 1.807) is 6.07 Å². The van der Waals surface area contributed by atoms with E-state index in [-0.39, 0.29) is 22.9 Å². The number of aryl methyl sites for hydroxylation is 1. The molecule has 0 aliphatic rings. The van der Waals surface area contributed by atoms with Gasteiger partial charge < -0.3 is 5.11 Å². The molecule has 0 aliphatic heterocycles. The van der Waals surface area contributed by atoms with Crippen molar-refractivity contribution in [1.82, 2.24) is 15.0 Å². The first-order valence-corrected chi connectivity index (χ1v) is 11.0. The van der Waals surface area contributed by atoms with Crippen LogP contribution >= 0.6 is 11.3 Å². The number of benzene rings is 2. The molecule has 4 rings (SSSR count). The minimum atomic E-state index is -4.46. The first-order valence-electron chi connectivity index (χ1n) is 8.58. The predicted octanol–water partition coefficient (Wildman–Crippen LogP) is 2.32. The Hall–Kier alpha value is -2.92. The number of aliphatic hydroxyl groups excluding tert-OH is 1. The van der Waals surface area contributed by atoms with Crippen molar-refractivity contribution in [1.29, 1.82) is 0 Å². The predicted molar refractivity (Wildman–Crippen MR) is 107 cm³/mol. The highest BCUT2D eigenvalue weighted by molar-refractivity contribution is 7.86. The van der Waals surface area contributed by atoms with E-state index in [1.807, 2.05) is 41.9 Å². The summed E-state index contributed by atoms with van der Waals surface area (Å²) in [6.45, 7) is 1.72. The lowest BCUT2D eigenvalue weighted by molar-refractivity contribution is -0.735. The van der Waals surface area contributed by atoms with Crippen LogP contribution in [0.3, 0.4) is 0 Å². The third-order valence-corrected chi connectivity index (χ3v) is 5.90. The molecule has 0 bridgehead atoms. The lowest BCUT2D eigenvalue weighted by Crippen LogP contribution is -2.44. The summed E-state index contributed by atoms with van der Waals surface area (Å²) >= 11 is 1.48. The van der Waals surface area contributed by atoms with E-state index < -0.39 is 10.1 Å². The van der Waals surface area contributed by atoms with Gasteiger partial charge in [-0.15, -0.1) is 11.3 Å². The maximum atomic E-state index is 11.8. The minimum absolute atomic E-state index is 0.119. The van der Waals surface area contributed by atoms with Gasteiger partial charge in [0.2, 0.25) is 0 Å². The first kappa shape index (κ1) is 19.4. The fraction of sp³-hybridized carbons (Fsp3) is 0.105. The molecule has 29 heavy (non-hydrogen) atoms. The zero-order valence-electron chi connectivity index (χ0n) is 15.3. The van der Waals surface area contributed by atoms with Crippen LogP contribution in [0.25, 0.3) is 22.8 Å². The molecule has 0 radical (unpaired) electrons.